The molecule has 4 nitrogen and oxygen atoms in total. The molecule has 3 aliphatic rings. The summed E-state index contributed by atoms with van der Waals surface area (Å²) in [6.45, 7) is 16.0. The molecule has 1 aliphatic carbocycles. The van der Waals surface area contributed by atoms with E-state index in [0.29, 0.717) is 6.54 Å². The maximum atomic E-state index is 13.3. The summed E-state index contributed by atoms with van der Waals surface area (Å²) < 4.78 is 0. The van der Waals surface area contributed by atoms with Crippen molar-refractivity contribution >= 4 is 17.7 Å². The molecule has 0 fully saturated rings. The molecule has 1 aromatic rings. The van der Waals surface area contributed by atoms with Crippen LogP contribution < -0.4 is 16.0 Å². The topological polar surface area (TPSA) is 58.4 Å². The second kappa shape index (κ2) is 8.70. The fraction of sp³-hybridized carbons (Fsp3) is 0.607. The molecule has 0 aromatic heterocycles. The second-order valence-electron chi connectivity index (χ2n) is 11.5. The van der Waals surface area contributed by atoms with Crippen molar-refractivity contribution in [1.29, 1.82) is 0 Å². The van der Waals surface area contributed by atoms with Gasteiger partial charge in [0.25, 0.3) is 5.91 Å². The number of nitrogens with one attached hydrogen (secondary N) is 1. The van der Waals surface area contributed by atoms with Gasteiger partial charge >= 0.3 is 0 Å². The third-order valence-electron chi connectivity index (χ3n) is 7.65. The van der Waals surface area contributed by atoms with Crippen LogP contribution >= 0.6 is 0 Å². The first-order chi connectivity index (χ1) is 15.1. The maximum Gasteiger partial charge on any atom is 0.251 e. The van der Waals surface area contributed by atoms with Gasteiger partial charge in [-0.3, -0.25) is 4.79 Å². The van der Waals surface area contributed by atoms with Crippen LogP contribution in [0.3, 0.4) is 0 Å². The van der Waals surface area contributed by atoms with Crippen molar-refractivity contribution in [2.75, 3.05) is 24.5 Å². The number of benzene rings is 1. The van der Waals surface area contributed by atoms with E-state index in [-0.39, 0.29) is 16.9 Å². The Kier molecular flexibility index (Phi) is 6.28. The highest BCUT2D eigenvalue weighted by Crippen LogP contribution is 2.42. The van der Waals surface area contributed by atoms with Crippen molar-refractivity contribution < 1.29 is 4.79 Å². The molecule has 0 saturated carbocycles. The lowest BCUT2D eigenvalue weighted by atomic mass is 9.79. The van der Waals surface area contributed by atoms with Crippen LogP contribution in [0.4, 0.5) is 5.69 Å². The van der Waals surface area contributed by atoms with E-state index >= 15 is 0 Å². The van der Waals surface area contributed by atoms with E-state index in [1.807, 2.05) is 0 Å². The van der Waals surface area contributed by atoms with Gasteiger partial charge in [0.2, 0.25) is 0 Å². The Hall–Kier alpha value is -2.07. The largest absolute Gasteiger partial charge is 0.371 e. The smallest absolute Gasteiger partial charge is 0.251 e. The first-order valence-electron chi connectivity index (χ1n) is 12.5. The molecular weight excluding hydrogens is 394 g/mol. The minimum atomic E-state index is -0.258. The van der Waals surface area contributed by atoms with Crippen LogP contribution in [0.15, 0.2) is 23.8 Å². The zero-order valence-electron chi connectivity index (χ0n) is 20.6. The first-order valence-corrected chi connectivity index (χ1v) is 12.5. The van der Waals surface area contributed by atoms with Crippen molar-refractivity contribution in [3.8, 4) is 0 Å². The van der Waals surface area contributed by atoms with Gasteiger partial charge in [0, 0.05) is 29.9 Å². The van der Waals surface area contributed by atoms with Gasteiger partial charge < -0.3 is 16.0 Å². The number of carbonyl (C=O) groups is 1. The van der Waals surface area contributed by atoms with Crippen molar-refractivity contribution in [3.05, 3.63) is 46.0 Å². The number of amides is 1. The summed E-state index contributed by atoms with van der Waals surface area (Å²) in [6.07, 6.45) is 10.7. The Morgan fingerprint density at radius 3 is 2.56 bits per heavy atom. The van der Waals surface area contributed by atoms with E-state index in [0.717, 1.165) is 49.7 Å². The molecule has 0 spiro atoms. The summed E-state index contributed by atoms with van der Waals surface area (Å²) in [5, 5.41) is 3.29. The van der Waals surface area contributed by atoms with Crippen molar-refractivity contribution in [2.45, 2.75) is 84.6 Å². The third-order valence-corrected chi connectivity index (χ3v) is 7.65. The summed E-state index contributed by atoms with van der Waals surface area (Å²) in [5.74, 6) is 0.0109. The number of nitrogens with zero attached hydrogens (tertiary/aromatic N) is 1. The average Bonchev–Trinajstić information content (AvgIpc) is 2.73. The van der Waals surface area contributed by atoms with E-state index < -0.39 is 0 Å². The molecule has 0 atom stereocenters. The molecular formula is C28H41N3O. The van der Waals surface area contributed by atoms with Gasteiger partial charge in [-0.15, -0.1) is 0 Å². The lowest BCUT2D eigenvalue weighted by Crippen LogP contribution is -2.44. The minimum Gasteiger partial charge on any atom is -0.371 e. The monoisotopic (exact) mass is 435 g/mol. The number of anilines is 1. The van der Waals surface area contributed by atoms with Crippen LogP contribution in [0.25, 0.3) is 6.08 Å². The quantitative estimate of drug-likeness (QED) is 0.638. The van der Waals surface area contributed by atoms with E-state index in [2.05, 4.69) is 56.6 Å². The summed E-state index contributed by atoms with van der Waals surface area (Å²) in [6, 6.07) is 2.35. The zero-order chi connectivity index (χ0) is 23.1. The van der Waals surface area contributed by atoms with Crippen LogP contribution in [-0.4, -0.2) is 31.1 Å². The maximum absolute atomic E-state index is 13.3. The van der Waals surface area contributed by atoms with Gasteiger partial charge in [0.15, 0.2) is 0 Å². The standard InChI is InChI=1S/C28H41N3O/c1-19-15-24-21(16-20-9-6-13-31-14-7-10-22(24)25(20)31)17-23(19)26(32)30-28(4,5)12-8-11-27(2,3)18-29/h16-17H,1,6-15,18,29H2,2-5H3,(H,30,32). The van der Waals surface area contributed by atoms with E-state index in [9.17, 15) is 4.79 Å². The Balaban J connectivity index is 1.53. The molecule has 0 radical (unpaired) electrons. The average molecular weight is 436 g/mol. The molecule has 4 heteroatoms. The summed E-state index contributed by atoms with van der Waals surface area (Å²) in [4.78, 5) is 15.9. The molecule has 0 saturated heterocycles. The molecule has 2 aliphatic heterocycles. The van der Waals surface area contributed by atoms with Crippen LogP contribution in [0.2, 0.25) is 0 Å². The SMILES string of the molecule is C=C1Cc2c(cc3c4c2CCCN4CCC3)C=C1C(=O)NC(C)(C)CCCC(C)(C)CN. The summed E-state index contributed by atoms with van der Waals surface area (Å²) in [7, 11) is 0. The molecule has 0 bridgehead atoms. The summed E-state index contributed by atoms with van der Waals surface area (Å²) in [5.41, 5.74) is 14.6. The molecule has 4 rings (SSSR count). The van der Waals surface area contributed by atoms with Crippen molar-refractivity contribution in [2.24, 2.45) is 11.1 Å². The van der Waals surface area contributed by atoms with Gasteiger partial charge in [-0.05, 0) is 111 Å². The molecule has 174 valence electrons. The number of aryl methyl sites for hydroxylation is 1. The van der Waals surface area contributed by atoms with E-state index in [4.69, 9.17) is 5.73 Å². The molecule has 32 heavy (non-hydrogen) atoms. The first kappa shape index (κ1) is 23.1. The molecule has 1 amide bonds. The zero-order valence-corrected chi connectivity index (χ0v) is 20.6. The Bertz CT molecular complexity index is 952. The number of hydrogen-bond donors (Lipinski definition) is 2. The van der Waals surface area contributed by atoms with Crippen molar-refractivity contribution in [1.82, 2.24) is 5.32 Å². The van der Waals surface area contributed by atoms with Crippen molar-refractivity contribution in [3.63, 3.8) is 0 Å². The predicted octanol–water partition coefficient (Wildman–Crippen LogP) is 4.93. The predicted molar refractivity (Wildman–Crippen MR) is 135 cm³/mol. The fourth-order valence-electron chi connectivity index (χ4n) is 5.63. The second-order valence-corrected chi connectivity index (χ2v) is 11.5. The Morgan fingerprint density at radius 1 is 1.12 bits per heavy atom. The highest BCUT2D eigenvalue weighted by molar-refractivity contribution is 6.04. The van der Waals surface area contributed by atoms with E-state index in [1.54, 1.807) is 0 Å². The number of hydrogen-bond acceptors (Lipinski definition) is 3. The Labute approximate surface area is 194 Å². The lowest BCUT2D eigenvalue weighted by Gasteiger charge is -2.39. The molecule has 0 unspecified atom stereocenters. The van der Waals surface area contributed by atoms with Gasteiger partial charge in [0.1, 0.15) is 0 Å². The van der Waals surface area contributed by atoms with Gasteiger partial charge in [-0.25, -0.2) is 0 Å². The third kappa shape index (κ3) is 4.66. The highest BCUT2D eigenvalue weighted by Gasteiger charge is 2.31. The van der Waals surface area contributed by atoms with Gasteiger partial charge in [-0.2, -0.15) is 0 Å². The van der Waals surface area contributed by atoms with Gasteiger partial charge in [-0.1, -0.05) is 26.8 Å². The highest BCUT2D eigenvalue weighted by atomic mass is 16.1. The number of fused-ring (bicyclic) bond motifs is 2. The van der Waals surface area contributed by atoms with Crippen LogP contribution in [0, 0.1) is 5.41 Å². The normalized spacial score (nSPS) is 18.1. The lowest BCUT2D eigenvalue weighted by molar-refractivity contribution is -0.118. The van der Waals surface area contributed by atoms with Crippen LogP contribution in [-0.2, 0) is 24.1 Å². The van der Waals surface area contributed by atoms with Gasteiger partial charge in [0.05, 0.1) is 0 Å². The Morgan fingerprint density at radius 2 is 1.84 bits per heavy atom. The molecule has 3 N–H and O–H groups in total. The minimum absolute atomic E-state index is 0.0109. The van der Waals surface area contributed by atoms with Crippen LogP contribution in [0.1, 0.15) is 82.1 Å². The summed E-state index contributed by atoms with van der Waals surface area (Å²) >= 11 is 0. The molecule has 1 aromatic carbocycles. The number of nitrogens with two attached hydrogens (primary N) is 1. The number of carbonyl (C=O) groups excluding carboxylic acids is 1. The van der Waals surface area contributed by atoms with Crippen LogP contribution in [0.5, 0.6) is 0 Å². The molecule has 2 heterocycles. The fourth-order valence-corrected chi connectivity index (χ4v) is 5.63. The van der Waals surface area contributed by atoms with E-state index in [1.165, 1.54) is 53.9 Å². The number of rotatable bonds is 7.